The van der Waals surface area contributed by atoms with E-state index in [4.69, 9.17) is 0 Å². The summed E-state index contributed by atoms with van der Waals surface area (Å²) in [6, 6.07) is 6.09. The van der Waals surface area contributed by atoms with Gasteiger partial charge in [0.15, 0.2) is 11.4 Å². The number of ether oxygens (including phenoxy) is 1. The molecule has 0 amide bonds. The fraction of sp³-hybridized carbons (Fsp3) is 0.0833. The summed E-state index contributed by atoms with van der Waals surface area (Å²) in [5.74, 6) is -0.387. The van der Waals surface area contributed by atoms with Gasteiger partial charge in [-0.1, -0.05) is 12.1 Å². The largest absolute Gasteiger partial charge is 0.573 e. The van der Waals surface area contributed by atoms with Gasteiger partial charge in [0.05, 0.1) is 4.88 Å². The Hall–Kier alpha value is -1.89. The van der Waals surface area contributed by atoms with Crippen molar-refractivity contribution < 1.29 is 27.1 Å². The Balaban J connectivity index is 2.27. The molecule has 0 bridgehead atoms. The second-order valence-corrected chi connectivity index (χ2v) is 4.56. The van der Waals surface area contributed by atoms with Gasteiger partial charge in [-0.05, 0) is 23.8 Å². The molecule has 2 nitrogen and oxygen atoms in total. The number of rotatable bonds is 3. The van der Waals surface area contributed by atoms with E-state index in [0.717, 1.165) is 12.1 Å². The lowest BCUT2D eigenvalue weighted by Crippen LogP contribution is -2.16. The topological polar surface area (TPSA) is 26.3 Å². The molecular formula is C12H6F4O2S. The van der Waals surface area contributed by atoms with Crippen molar-refractivity contribution in [3.63, 3.8) is 0 Å². The first-order chi connectivity index (χ1) is 8.89. The van der Waals surface area contributed by atoms with Crippen molar-refractivity contribution in [2.75, 3.05) is 0 Å². The van der Waals surface area contributed by atoms with E-state index >= 15 is 0 Å². The predicted molar refractivity (Wildman–Crippen MR) is 61.8 cm³/mol. The second kappa shape index (κ2) is 5.00. The summed E-state index contributed by atoms with van der Waals surface area (Å²) in [5.41, 5.74) is 0.544. The number of carbonyl (C=O) groups is 1. The number of alkyl halides is 3. The van der Waals surface area contributed by atoms with Crippen molar-refractivity contribution in [2.45, 2.75) is 6.36 Å². The van der Waals surface area contributed by atoms with Gasteiger partial charge >= 0.3 is 6.36 Å². The van der Waals surface area contributed by atoms with Crippen molar-refractivity contribution in [2.24, 2.45) is 0 Å². The van der Waals surface area contributed by atoms with E-state index < -0.39 is 11.5 Å². The lowest BCUT2D eigenvalue weighted by atomic mass is 10.1. The highest BCUT2D eigenvalue weighted by atomic mass is 32.1. The molecule has 1 aromatic carbocycles. The number of hydrogen-bond acceptors (Lipinski definition) is 3. The van der Waals surface area contributed by atoms with E-state index in [1.165, 1.54) is 18.2 Å². The van der Waals surface area contributed by atoms with Crippen LogP contribution in [-0.4, -0.2) is 12.6 Å². The molecule has 0 N–H and O–H groups in total. The van der Waals surface area contributed by atoms with E-state index in [1.54, 1.807) is 0 Å². The van der Waals surface area contributed by atoms with Crippen molar-refractivity contribution in [3.8, 4) is 16.9 Å². The summed E-state index contributed by atoms with van der Waals surface area (Å²) in [4.78, 5) is 10.7. The van der Waals surface area contributed by atoms with Gasteiger partial charge in [0, 0.05) is 5.56 Å². The minimum atomic E-state index is -4.76. The van der Waals surface area contributed by atoms with Crippen molar-refractivity contribution >= 4 is 17.6 Å². The SMILES string of the molecule is O=Cc1cc(-c2ccc(OC(F)(F)F)cc2)c(F)s1. The Morgan fingerprint density at radius 2 is 1.79 bits per heavy atom. The molecule has 0 radical (unpaired) electrons. The van der Waals surface area contributed by atoms with Crippen LogP contribution in [0.3, 0.4) is 0 Å². The van der Waals surface area contributed by atoms with Crippen LogP contribution in [-0.2, 0) is 0 Å². The summed E-state index contributed by atoms with van der Waals surface area (Å²) in [6.45, 7) is 0. The number of aldehydes is 1. The molecule has 1 heterocycles. The fourth-order valence-electron chi connectivity index (χ4n) is 1.48. The molecule has 0 saturated carbocycles. The summed E-state index contributed by atoms with van der Waals surface area (Å²) in [7, 11) is 0. The molecule has 0 saturated heterocycles. The Morgan fingerprint density at radius 1 is 1.16 bits per heavy atom. The van der Waals surface area contributed by atoms with Crippen LogP contribution < -0.4 is 4.74 Å². The van der Waals surface area contributed by atoms with Gasteiger partial charge in [-0.25, -0.2) is 0 Å². The van der Waals surface area contributed by atoms with Gasteiger partial charge in [-0.2, -0.15) is 4.39 Å². The molecule has 0 aliphatic heterocycles. The molecule has 0 aliphatic rings. The molecule has 0 unspecified atom stereocenters. The smallest absolute Gasteiger partial charge is 0.406 e. The molecule has 2 rings (SSSR count). The van der Waals surface area contributed by atoms with Gasteiger partial charge in [0.2, 0.25) is 0 Å². The van der Waals surface area contributed by atoms with Crippen LogP contribution >= 0.6 is 11.3 Å². The van der Waals surface area contributed by atoms with E-state index in [0.29, 0.717) is 23.2 Å². The van der Waals surface area contributed by atoms with Crippen LogP contribution in [0.1, 0.15) is 9.67 Å². The monoisotopic (exact) mass is 290 g/mol. The number of carbonyl (C=O) groups excluding carboxylic acids is 1. The minimum Gasteiger partial charge on any atom is -0.406 e. The van der Waals surface area contributed by atoms with Gasteiger partial charge < -0.3 is 4.74 Å². The quantitative estimate of drug-likeness (QED) is 0.623. The molecule has 100 valence electrons. The standard InChI is InChI=1S/C12H6F4O2S/c13-11-10(5-9(6-17)19-11)7-1-3-8(4-2-7)18-12(14,15)16/h1-6H. The molecule has 2 aromatic rings. The first-order valence-electron chi connectivity index (χ1n) is 5.00. The van der Waals surface area contributed by atoms with Gasteiger partial charge in [-0.15, -0.1) is 24.5 Å². The molecule has 7 heteroatoms. The molecule has 0 atom stereocenters. The number of hydrogen-bond donors (Lipinski definition) is 0. The maximum Gasteiger partial charge on any atom is 0.573 e. The third-order valence-corrected chi connectivity index (χ3v) is 3.07. The van der Waals surface area contributed by atoms with Gasteiger partial charge in [0.25, 0.3) is 0 Å². The first-order valence-corrected chi connectivity index (χ1v) is 5.81. The van der Waals surface area contributed by atoms with E-state index in [-0.39, 0.29) is 16.2 Å². The van der Waals surface area contributed by atoms with Gasteiger partial charge in [0.1, 0.15) is 5.75 Å². The number of halogens is 4. The molecule has 0 fully saturated rings. The first kappa shape index (κ1) is 13.5. The highest BCUT2D eigenvalue weighted by Crippen LogP contribution is 2.31. The third kappa shape index (κ3) is 3.31. The zero-order valence-corrected chi connectivity index (χ0v) is 10.0. The number of benzene rings is 1. The average molecular weight is 290 g/mol. The Kier molecular flexibility index (Phi) is 3.57. The highest BCUT2D eigenvalue weighted by Gasteiger charge is 2.31. The molecule has 0 aliphatic carbocycles. The van der Waals surface area contributed by atoms with Gasteiger partial charge in [-0.3, -0.25) is 4.79 Å². The zero-order chi connectivity index (χ0) is 14.0. The fourth-order valence-corrected chi connectivity index (χ4v) is 2.20. The second-order valence-electron chi connectivity index (χ2n) is 3.53. The summed E-state index contributed by atoms with van der Waals surface area (Å²) in [5, 5.41) is -0.563. The zero-order valence-electron chi connectivity index (χ0n) is 9.20. The predicted octanol–water partition coefficient (Wildman–Crippen LogP) is 4.27. The molecule has 1 aromatic heterocycles. The summed E-state index contributed by atoms with van der Waals surface area (Å²) in [6.07, 6.45) is -4.25. The van der Waals surface area contributed by atoms with Crippen molar-refractivity contribution in [1.29, 1.82) is 0 Å². The Bertz CT molecular complexity index is 587. The Labute approximate surface area is 109 Å². The van der Waals surface area contributed by atoms with Crippen LogP contribution in [0.5, 0.6) is 5.75 Å². The van der Waals surface area contributed by atoms with E-state index in [9.17, 15) is 22.4 Å². The van der Waals surface area contributed by atoms with Crippen LogP contribution in [0.25, 0.3) is 11.1 Å². The normalized spacial score (nSPS) is 11.4. The van der Waals surface area contributed by atoms with Crippen molar-refractivity contribution in [3.05, 3.63) is 40.3 Å². The lowest BCUT2D eigenvalue weighted by molar-refractivity contribution is -0.274. The van der Waals surface area contributed by atoms with Crippen LogP contribution in [0.15, 0.2) is 30.3 Å². The van der Waals surface area contributed by atoms with Crippen LogP contribution in [0.2, 0.25) is 0 Å². The maximum atomic E-state index is 13.5. The lowest BCUT2D eigenvalue weighted by Gasteiger charge is -2.08. The van der Waals surface area contributed by atoms with E-state index in [1.807, 2.05) is 0 Å². The Morgan fingerprint density at radius 3 is 2.26 bits per heavy atom. The maximum absolute atomic E-state index is 13.5. The molecule has 0 spiro atoms. The molecule has 19 heavy (non-hydrogen) atoms. The van der Waals surface area contributed by atoms with Crippen LogP contribution in [0, 0.1) is 5.13 Å². The van der Waals surface area contributed by atoms with Crippen LogP contribution in [0.4, 0.5) is 17.6 Å². The minimum absolute atomic E-state index is 0.172. The highest BCUT2D eigenvalue weighted by molar-refractivity contribution is 7.12. The average Bonchev–Trinajstić information content (AvgIpc) is 2.70. The summed E-state index contributed by atoms with van der Waals surface area (Å²) < 4.78 is 53.1. The third-order valence-electron chi connectivity index (χ3n) is 2.22. The summed E-state index contributed by atoms with van der Waals surface area (Å²) >= 11 is 0.677. The van der Waals surface area contributed by atoms with E-state index in [2.05, 4.69) is 4.74 Å². The molecular weight excluding hydrogens is 284 g/mol. The van der Waals surface area contributed by atoms with Crippen molar-refractivity contribution in [1.82, 2.24) is 0 Å². The number of thiophene rings is 1.